The molecule has 0 saturated heterocycles. The van der Waals surface area contributed by atoms with Crippen LogP contribution in [0.3, 0.4) is 0 Å². The fourth-order valence-corrected chi connectivity index (χ4v) is 3.01. The maximum absolute atomic E-state index is 12.1. The molecule has 0 aliphatic rings. The number of halogens is 2. The number of nitrogen functional groups attached to an aromatic ring is 1. The van der Waals surface area contributed by atoms with E-state index in [1.807, 2.05) is 0 Å². The van der Waals surface area contributed by atoms with Crippen molar-refractivity contribution in [3.63, 3.8) is 0 Å². The van der Waals surface area contributed by atoms with E-state index in [1.54, 1.807) is 6.92 Å². The quantitative estimate of drug-likeness (QED) is 0.722. The van der Waals surface area contributed by atoms with Gasteiger partial charge in [0.1, 0.15) is 0 Å². The topological polar surface area (TPSA) is 116 Å². The van der Waals surface area contributed by atoms with Crippen LogP contribution in [0, 0.1) is 6.92 Å². The van der Waals surface area contributed by atoms with E-state index in [0.717, 1.165) is 0 Å². The van der Waals surface area contributed by atoms with E-state index in [-0.39, 0.29) is 51.4 Å². The van der Waals surface area contributed by atoms with Crippen LogP contribution in [0.2, 0.25) is 10.0 Å². The fraction of sp³-hybridized carbons (Fsp3) is 0.111. The number of hydrogen-bond donors (Lipinski definition) is 2. The van der Waals surface area contributed by atoms with Crippen LogP contribution in [0.25, 0.3) is 4.72 Å². The Bertz CT molecular complexity index is 734. The predicted octanol–water partition coefficient (Wildman–Crippen LogP) is -0.600. The molecule has 1 aromatic heterocycles. The van der Waals surface area contributed by atoms with Crippen LogP contribution in [0.4, 0.5) is 11.9 Å². The molecule has 0 saturated carbocycles. The second-order valence-electron chi connectivity index (χ2n) is 3.62. The summed E-state index contributed by atoms with van der Waals surface area (Å²) in [4.78, 5) is 3.43. The zero-order chi connectivity index (χ0) is 14.2. The van der Waals surface area contributed by atoms with E-state index in [1.165, 1.54) is 12.1 Å². The number of aryl methyl sites for hydroxylation is 1. The summed E-state index contributed by atoms with van der Waals surface area (Å²) in [5, 5.41) is 6.10. The second kappa shape index (κ2) is 6.50. The molecule has 20 heavy (non-hydrogen) atoms. The van der Waals surface area contributed by atoms with Crippen molar-refractivity contribution < 1.29 is 38.0 Å². The van der Waals surface area contributed by atoms with E-state index in [4.69, 9.17) is 28.9 Å². The van der Waals surface area contributed by atoms with Crippen LogP contribution in [0.1, 0.15) is 5.56 Å². The van der Waals surface area contributed by atoms with Crippen LogP contribution in [0.5, 0.6) is 0 Å². The van der Waals surface area contributed by atoms with Gasteiger partial charge in [-0.05, 0) is 24.6 Å². The number of hydrogen-bond acceptors (Lipinski definition) is 5. The average molecular weight is 344 g/mol. The molecule has 0 fully saturated rings. The molecule has 2 rings (SSSR count). The van der Waals surface area contributed by atoms with E-state index < -0.39 is 10.0 Å². The summed E-state index contributed by atoms with van der Waals surface area (Å²) in [6.07, 6.45) is 0. The van der Waals surface area contributed by atoms with Gasteiger partial charge in [0, 0.05) is 11.0 Å². The largest absolute Gasteiger partial charge is 1.00 e. The summed E-state index contributed by atoms with van der Waals surface area (Å²) in [7, 11) is -4.02. The smallest absolute Gasteiger partial charge is 0.381 e. The zero-order valence-corrected chi connectivity index (χ0v) is 14.9. The van der Waals surface area contributed by atoms with Crippen LogP contribution in [-0.2, 0) is 10.0 Å². The number of aromatic amines is 1. The first-order valence-corrected chi connectivity index (χ1v) is 7.11. The zero-order valence-electron chi connectivity index (χ0n) is 10.6. The molecule has 2 aromatic rings. The Hall–Kier alpha value is -0.510. The molecule has 11 heteroatoms. The fourth-order valence-electron chi connectivity index (χ4n) is 1.30. The summed E-state index contributed by atoms with van der Waals surface area (Å²) in [5.74, 6) is -0.325. The van der Waals surface area contributed by atoms with Gasteiger partial charge in [0.2, 0.25) is 10.0 Å². The van der Waals surface area contributed by atoms with Gasteiger partial charge in [-0.1, -0.05) is 23.2 Å². The summed E-state index contributed by atoms with van der Waals surface area (Å²) in [6, 6.07) is 2.68. The molecule has 0 aliphatic heterocycles. The molecule has 3 N–H and O–H groups in total. The summed E-state index contributed by atoms with van der Waals surface area (Å²) in [5.41, 5.74) is 5.82. The Morgan fingerprint density at radius 3 is 2.50 bits per heavy atom. The van der Waals surface area contributed by atoms with Crippen LogP contribution < -0.4 is 35.3 Å². The van der Waals surface area contributed by atoms with Gasteiger partial charge in [-0.15, -0.1) is 0 Å². The molecule has 102 valence electrons. The number of nitrogens with one attached hydrogen (secondary N) is 1. The molecular weight excluding hydrogens is 336 g/mol. The summed E-state index contributed by atoms with van der Waals surface area (Å²) < 4.78 is 27.6. The third-order valence-corrected chi connectivity index (χ3v) is 4.33. The number of rotatable bonds is 3. The number of aromatic nitrogens is 3. The first-order chi connectivity index (χ1) is 8.79. The van der Waals surface area contributed by atoms with Gasteiger partial charge in [0.05, 0.1) is 9.92 Å². The number of sulfonamides is 1. The number of H-pyrrole nitrogens is 1. The van der Waals surface area contributed by atoms with Crippen molar-refractivity contribution in [1.82, 2.24) is 15.2 Å². The van der Waals surface area contributed by atoms with Crippen molar-refractivity contribution in [2.24, 2.45) is 0 Å². The van der Waals surface area contributed by atoms with Crippen molar-refractivity contribution in [3.05, 3.63) is 32.5 Å². The van der Waals surface area contributed by atoms with E-state index in [0.29, 0.717) is 10.6 Å². The third-order valence-electron chi connectivity index (χ3n) is 2.19. The van der Waals surface area contributed by atoms with Crippen molar-refractivity contribution >= 4 is 45.1 Å². The molecule has 0 aliphatic carbocycles. The van der Waals surface area contributed by atoms with Crippen LogP contribution in [-0.4, -0.2) is 23.6 Å². The average Bonchev–Trinajstić information content (AvgIpc) is 2.68. The maximum atomic E-state index is 12.1. The van der Waals surface area contributed by atoms with Crippen molar-refractivity contribution in [1.29, 1.82) is 0 Å². The summed E-state index contributed by atoms with van der Waals surface area (Å²) >= 11 is 11.7. The summed E-state index contributed by atoms with van der Waals surface area (Å²) in [6.45, 7) is 1.66. The van der Waals surface area contributed by atoms with E-state index in [9.17, 15) is 8.42 Å². The number of anilines is 1. The van der Waals surface area contributed by atoms with Crippen molar-refractivity contribution in [2.45, 2.75) is 11.8 Å². The molecule has 0 amide bonds. The minimum absolute atomic E-state index is 0. The molecule has 1 aromatic carbocycles. The number of benzene rings is 1. The number of nitrogens with zero attached hydrogens (tertiary/aromatic N) is 3. The Morgan fingerprint density at radius 1 is 1.30 bits per heavy atom. The first kappa shape index (κ1) is 17.5. The Balaban J connectivity index is 0.00000200. The van der Waals surface area contributed by atoms with Gasteiger partial charge in [0.25, 0.3) is 0 Å². The second-order valence-corrected chi connectivity index (χ2v) is 6.00. The van der Waals surface area contributed by atoms with Gasteiger partial charge in [0.15, 0.2) is 5.95 Å². The number of nitrogens with two attached hydrogens (primary N) is 1. The van der Waals surface area contributed by atoms with Crippen LogP contribution in [0.15, 0.2) is 17.0 Å². The standard InChI is InChI=1S/C9H8Cl2N5O2S.Na/c1-4-2-7(6(11)3-5(4)10)19(17,18)16-9-13-8(12)14-15-9;/h2-3H,1H3,(H3-,12,13,14,15,16);/q-1;+1. The minimum atomic E-state index is -4.02. The molecule has 7 nitrogen and oxygen atoms in total. The molecule has 0 bridgehead atoms. The molecule has 1 heterocycles. The van der Waals surface area contributed by atoms with Gasteiger partial charge in [-0.25, -0.2) is 13.5 Å². The Morgan fingerprint density at radius 2 is 1.95 bits per heavy atom. The van der Waals surface area contributed by atoms with Gasteiger partial charge in [-0.2, -0.15) is 0 Å². The Labute approximate surface area is 147 Å². The monoisotopic (exact) mass is 343 g/mol. The van der Waals surface area contributed by atoms with Crippen LogP contribution >= 0.6 is 23.2 Å². The molecular formula is C9H8Cl2N5NaO2S. The molecule has 0 atom stereocenters. The normalized spacial score (nSPS) is 10.9. The minimum Gasteiger partial charge on any atom is -0.381 e. The van der Waals surface area contributed by atoms with Crippen molar-refractivity contribution in [3.8, 4) is 0 Å². The molecule has 0 spiro atoms. The molecule has 0 radical (unpaired) electrons. The SMILES string of the molecule is Cc1cc(S(=O)(=O)[N-]c2nc(N)n[nH]2)c(Cl)cc1Cl.[Na+]. The Kier molecular flexibility index (Phi) is 5.70. The van der Waals surface area contributed by atoms with Crippen molar-refractivity contribution in [2.75, 3.05) is 5.73 Å². The van der Waals surface area contributed by atoms with Gasteiger partial charge < -0.3 is 15.8 Å². The molecule has 0 unspecified atom stereocenters. The van der Waals surface area contributed by atoms with Gasteiger partial charge in [-0.3, -0.25) is 4.72 Å². The van der Waals surface area contributed by atoms with E-state index in [2.05, 4.69) is 19.9 Å². The van der Waals surface area contributed by atoms with E-state index >= 15 is 0 Å². The third kappa shape index (κ3) is 3.78. The van der Waals surface area contributed by atoms with Gasteiger partial charge >= 0.3 is 29.6 Å². The first-order valence-electron chi connectivity index (χ1n) is 4.91. The maximum Gasteiger partial charge on any atom is 1.00 e. The predicted molar refractivity (Wildman–Crippen MR) is 72.2 cm³/mol.